The van der Waals surface area contributed by atoms with Crippen LogP contribution in [0.1, 0.15) is 11.3 Å². The molecule has 56 heavy (non-hydrogen) atoms. The van der Waals surface area contributed by atoms with Crippen molar-refractivity contribution in [3.63, 3.8) is 0 Å². The number of pyridine rings is 2. The standard InChI is InChI=1S/C54H40N2/c1-40(19-12-13-26-49-27-14-16-33-55-49)50-28-10-2-3-11-29-51(44-24-18-25-45(35-44)54-30-15-17-34-56-54)53-39-43(31-32-52(50)53)48-37-46(41-20-6-4-7-21-41)36-47(38-48)42-22-8-5-9-23-42/h2-39H,1H2/b3-2?,10-2?,11-3?,19-12-,26-13+,28-10?,29-11?,50-28?,51-29?,52-50?,53-51?. The molecule has 2 heteroatoms. The lowest BCUT2D eigenvalue weighted by atomic mass is 9.90. The van der Waals surface area contributed by atoms with Crippen molar-refractivity contribution in [3.05, 3.63) is 243 Å². The molecular weight excluding hydrogens is 677 g/mol. The van der Waals surface area contributed by atoms with E-state index in [4.69, 9.17) is 0 Å². The van der Waals surface area contributed by atoms with Gasteiger partial charge in [-0.2, -0.15) is 0 Å². The highest BCUT2D eigenvalue weighted by Crippen LogP contribution is 2.38. The minimum atomic E-state index is 0.901. The molecule has 0 aliphatic rings. The summed E-state index contributed by atoms with van der Waals surface area (Å²) in [6.07, 6.45) is 11.8. The van der Waals surface area contributed by atoms with Crippen molar-refractivity contribution in [2.75, 3.05) is 0 Å². The Labute approximate surface area is 329 Å². The molecule has 6 aromatic carbocycles. The van der Waals surface area contributed by atoms with Crippen LogP contribution >= 0.6 is 0 Å². The van der Waals surface area contributed by atoms with Crippen molar-refractivity contribution < 1.29 is 0 Å². The molecule has 0 aliphatic carbocycles. The van der Waals surface area contributed by atoms with Crippen molar-refractivity contribution >= 4 is 22.4 Å². The zero-order chi connectivity index (χ0) is 37.9. The first kappa shape index (κ1) is 35.6. The summed E-state index contributed by atoms with van der Waals surface area (Å²) in [4.78, 5) is 9.09. The molecule has 8 rings (SSSR count). The van der Waals surface area contributed by atoms with Crippen molar-refractivity contribution in [1.82, 2.24) is 9.97 Å². The van der Waals surface area contributed by atoms with Crippen LogP contribution in [0.3, 0.4) is 0 Å². The van der Waals surface area contributed by atoms with Crippen LogP contribution < -0.4 is 0 Å². The summed E-state index contributed by atoms with van der Waals surface area (Å²) >= 11 is 0. The molecule has 0 aliphatic heterocycles. The van der Waals surface area contributed by atoms with Gasteiger partial charge in [0.25, 0.3) is 0 Å². The van der Waals surface area contributed by atoms with Crippen LogP contribution in [0.2, 0.25) is 0 Å². The fourth-order valence-electron chi connectivity index (χ4n) is 6.98. The number of allylic oxidation sites excluding steroid dienone is 4. The molecule has 0 saturated heterocycles. The van der Waals surface area contributed by atoms with Crippen molar-refractivity contribution in [2.45, 2.75) is 0 Å². The second kappa shape index (κ2) is 17.2. The molecule has 0 unspecified atom stereocenters. The Bertz CT molecular complexity index is 2670. The smallest absolute Gasteiger partial charge is 0.0702 e. The molecule has 0 radical (unpaired) electrons. The minimum Gasteiger partial charge on any atom is -0.257 e. The predicted molar refractivity (Wildman–Crippen MR) is 238 cm³/mol. The zero-order valence-electron chi connectivity index (χ0n) is 31.0. The van der Waals surface area contributed by atoms with Crippen LogP contribution in [0.15, 0.2) is 231 Å². The van der Waals surface area contributed by atoms with Gasteiger partial charge in [0.2, 0.25) is 0 Å². The topological polar surface area (TPSA) is 25.8 Å². The molecule has 2 aromatic heterocycles. The normalized spacial score (nSPS) is 11.1. The maximum absolute atomic E-state index is 4.67. The molecule has 266 valence electrons. The quantitative estimate of drug-likeness (QED) is 0.139. The van der Waals surface area contributed by atoms with Crippen LogP contribution in [0.5, 0.6) is 0 Å². The Balaban J connectivity index is 1.35. The Hall–Kier alpha value is -7.42. The predicted octanol–water partition coefficient (Wildman–Crippen LogP) is 14.4. The fourth-order valence-corrected chi connectivity index (χ4v) is 6.98. The van der Waals surface area contributed by atoms with Crippen molar-refractivity contribution in [3.8, 4) is 55.8 Å². The van der Waals surface area contributed by atoms with E-state index in [1.165, 1.54) is 22.3 Å². The Morgan fingerprint density at radius 3 is 1.64 bits per heavy atom. The van der Waals surface area contributed by atoms with Crippen LogP contribution in [0.4, 0.5) is 0 Å². The van der Waals surface area contributed by atoms with E-state index in [0.717, 1.165) is 61.1 Å². The monoisotopic (exact) mass is 716 g/mol. The van der Waals surface area contributed by atoms with Gasteiger partial charge in [0.05, 0.1) is 11.4 Å². The fraction of sp³-hybridized carbons (Fsp3) is 0. The lowest BCUT2D eigenvalue weighted by Gasteiger charge is -2.14. The van der Waals surface area contributed by atoms with E-state index in [9.17, 15) is 0 Å². The van der Waals surface area contributed by atoms with E-state index in [1.54, 1.807) is 6.20 Å². The maximum atomic E-state index is 4.67. The summed E-state index contributed by atoms with van der Waals surface area (Å²) in [7, 11) is 0. The first-order valence-corrected chi connectivity index (χ1v) is 18.8. The van der Waals surface area contributed by atoms with E-state index in [-0.39, 0.29) is 0 Å². The Morgan fingerprint density at radius 2 is 0.964 bits per heavy atom. The van der Waals surface area contributed by atoms with Crippen LogP contribution in [0, 0.1) is 0 Å². The molecule has 0 spiro atoms. The van der Waals surface area contributed by atoms with Gasteiger partial charge in [-0.15, -0.1) is 0 Å². The number of hydrogen-bond acceptors (Lipinski definition) is 2. The molecule has 0 fully saturated rings. The van der Waals surface area contributed by atoms with E-state index in [0.29, 0.717) is 0 Å². The number of aromatic nitrogens is 2. The van der Waals surface area contributed by atoms with Gasteiger partial charge in [-0.05, 0) is 127 Å². The highest BCUT2D eigenvalue weighted by Gasteiger charge is 2.12. The number of hydrogen-bond donors (Lipinski definition) is 0. The Morgan fingerprint density at radius 1 is 0.393 bits per heavy atom. The molecule has 0 N–H and O–H groups in total. The van der Waals surface area contributed by atoms with Gasteiger partial charge in [0, 0.05) is 18.0 Å². The van der Waals surface area contributed by atoms with Gasteiger partial charge < -0.3 is 0 Å². The second-order valence-corrected chi connectivity index (χ2v) is 13.5. The summed E-state index contributed by atoms with van der Waals surface area (Å²) in [6.45, 7) is 4.59. The third-order valence-electron chi connectivity index (χ3n) is 9.78. The average Bonchev–Trinajstić information content (AvgIpc) is 3.27. The lowest BCUT2D eigenvalue weighted by Crippen LogP contribution is -1.89. The Kier molecular flexibility index (Phi) is 10.9. The van der Waals surface area contributed by atoms with Gasteiger partial charge in [-0.25, -0.2) is 0 Å². The molecule has 2 nitrogen and oxygen atoms in total. The highest BCUT2D eigenvalue weighted by atomic mass is 14.7. The summed E-state index contributed by atoms with van der Waals surface area (Å²) in [6, 6.07) is 68.4. The number of benzene rings is 5. The van der Waals surface area contributed by atoms with E-state index < -0.39 is 0 Å². The summed E-state index contributed by atoms with van der Waals surface area (Å²) < 4.78 is 0. The van der Waals surface area contributed by atoms with Crippen LogP contribution in [-0.4, -0.2) is 9.97 Å². The second-order valence-electron chi connectivity index (χ2n) is 13.5. The van der Waals surface area contributed by atoms with Gasteiger partial charge in [0.15, 0.2) is 0 Å². The third kappa shape index (κ3) is 8.36. The average molecular weight is 717 g/mol. The summed E-state index contributed by atoms with van der Waals surface area (Å²) in [5, 5.41) is 2.20. The van der Waals surface area contributed by atoms with E-state index >= 15 is 0 Å². The summed E-state index contributed by atoms with van der Waals surface area (Å²) in [5.41, 5.74) is 14.0. The van der Waals surface area contributed by atoms with Gasteiger partial charge in [-0.1, -0.05) is 164 Å². The molecule has 8 aromatic rings. The van der Waals surface area contributed by atoms with E-state index in [1.807, 2.05) is 54.8 Å². The molecular formula is C54H40N2. The molecule has 2 heterocycles. The number of nitrogens with zero attached hydrogens (tertiary/aromatic N) is 2. The first-order valence-electron chi connectivity index (χ1n) is 18.8. The number of fused-ring (bicyclic) bond motifs is 1. The third-order valence-corrected chi connectivity index (χ3v) is 9.78. The van der Waals surface area contributed by atoms with E-state index in [2.05, 4.69) is 186 Å². The summed E-state index contributed by atoms with van der Waals surface area (Å²) in [5.74, 6) is 0. The van der Waals surface area contributed by atoms with Gasteiger partial charge in [0.1, 0.15) is 0 Å². The molecule has 0 atom stereocenters. The van der Waals surface area contributed by atoms with Crippen LogP contribution in [0.25, 0.3) is 78.2 Å². The van der Waals surface area contributed by atoms with Crippen molar-refractivity contribution in [1.29, 1.82) is 0 Å². The van der Waals surface area contributed by atoms with Gasteiger partial charge in [-0.3, -0.25) is 9.97 Å². The minimum absolute atomic E-state index is 0.901. The number of rotatable bonds is 9. The SMILES string of the molecule is C=C(/C=C\C=C\c1ccccn1)c1ccccccc(-c2cccc(-c3ccccn3)c2)c2cc(-c3cc(-c4ccccc4)cc(-c4ccccc4)c3)ccc12. The molecule has 0 saturated carbocycles. The first-order chi connectivity index (χ1) is 27.7. The molecule has 0 amide bonds. The van der Waals surface area contributed by atoms with Gasteiger partial charge >= 0.3 is 0 Å². The lowest BCUT2D eigenvalue weighted by molar-refractivity contribution is 1.30. The maximum Gasteiger partial charge on any atom is 0.0702 e. The van der Waals surface area contributed by atoms with Crippen LogP contribution in [-0.2, 0) is 0 Å². The molecule has 0 bridgehead atoms. The zero-order valence-corrected chi connectivity index (χ0v) is 31.0. The highest BCUT2D eigenvalue weighted by molar-refractivity contribution is 6.04. The largest absolute Gasteiger partial charge is 0.257 e. The van der Waals surface area contributed by atoms with Crippen molar-refractivity contribution in [2.24, 2.45) is 0 Å².